The van der Waals surface area contributed by atoms with Gasteiger partial charge in [-0.05, 0) is 42.0 Å². The van der Waals surface area contributed by atoms with Gasteiger partial charge in [0.2, 0.25) is 5.91 Å². The third-order valence-corrected chi connectivity index (χ3v) is 5.58. The summed E-state index contributed by atoms with van der Waals surface area (Å²) in [5.74, 6) is -1.05. The van der Waals surface area contributed by atoms with Gasteiger partial charge in [0.1, 0.15) is 6.61 Å². The Balaban J connectivity index is 1.33. The Morgan fingerprint density at radius 3 is 2.22 bits per heavy atom. The minimum atomic E-state index is -0.933. The number of fused-ring (bicyclic) bond motifs is 3. The molecule has 2 amide bonds. The number of benzene rings is 2. The molecule has 0 aliphatic heterocycles. The number of rotatable bonds is 11. The highest BCUT2D eigenvalue weighted by atomic mass is 16.5. The molecular weight excluding hydrogens is 408 g/mol. The fraction of sp³-hybridized carbons (Fsp3) is 0.400. The maximum Gasteiger partial charge on any atom is 0.407 e. The van der Waals surface area contributed by atoms with E-state index in [1.165, 1.54) is 22.3 Å². The molecule has 0 spiro atoms. The molecule has 170 valence electrons. The zero-order chi connectivity index (χ0) is 22.9. The molecule has 1 unspecified atom stereocenters. The molecule has 2 aromatic rings. The lowest BCUT2D eigenvalue weighted by molar-refractivity contribution is -0.137. The van der Waals surface area contributed by atoms with Crippen LogP contribution in [0.3, 0.4) is 0 Å². The number of amides is 2. The number of carboxylic acids is 1. The first-order valence-electron chi connectivity index (χ1n) is 11.1. The molecule has 0 saturated heterocycles. The van der Waals surface area contributed by atoms with Crippen molar-refractivity contribution in [1.29, 1.82) is 0 Å². The minimum absolute atomic E-state index is 0.0372. The van der Waals surface area contributed by atoms with Crippen LogP contribution in [0.2, 0.25) is 0 Å². The molecule has 0 saturated carbocycles. The predicted molar refractivity (Wildman–Crippen MR) is 121 cm³/mol. The first-order chi connectivity index (χ1) is 15.5. The zero-order valence-electron chi connectivity index (χ0n) is 18.3. The normalized spacial score (nSPS) is 13.0. The highest BCUT2D eigenvalue weighted by Gasteiger charge is 2.28. The Labute approximate surface area is 188 Å². The van der Waals surface area contributed by atoms with Crippen molar-refractivity contribution in [1.82, 2.24) is 10.6 Å². The number of hydrogen-bond acceptors (Lipinski definition) is 4. The van der Waals surface area contributed by atoms with Crippen molar-refractivity contribution in [3.05, 3.63) is 59.7 Å². The van der Waals surface area contributed by atoms with Crippen LogP contribution in [0.15, 0.2) is 48.5 Å². The largest absolute Gasteiger partial charge is 0.481 e. The van der Waals surface area contributed by atoms with Gasteiger partial charge in [0.25, 0.3) is 0 Å². The van der Waals surface area contributed by atoms with Gasteiger partial charge in [-0.3, -0.25) is 9.59 Å². The maximum atomic E-state index is 12.1. The minimum Gasteiger partial charge on any atom is -0.481 e. The number of carbonyl (C=O) groups is 3. The van der Waals surface area contributed by atoms with E-state index >= 15 is 0 Å². The number of unbranched alkanes of at least 4 members (excludes halogenated alkanes) is 2. The van der Waals surface area contributed by atoms with Crippen molar-refractivity contribution in [3.8, 4) is 11.1 Å². The van der Waals surface area contributed by atoms with Crippen LogP contribution in [-0.2, 0) is 14.3 Å². The second-order valence-corrected chi connectivity index (χ2v) is 8.13. The number of ether oxygens (including phenoxy) is 1. The summed E-state index contributed by atoms with van der Waals surface area (Å²) < 4.78 is 5.50. The molecule has 3 N–H and O–H groups in total. The smallest absolute Gasteiger partial charge is 0.407 e. The van der Waals surface area contributed by atoms with Gasteiger partial charge in [0.15, 0.2) is 0 Å². The lowest BCUT2D eigenvalue weighted by Crippen LogP contribution is -2.34. The number of hydrogen-bond donors (Lipinski definition) is 3. The van der Waals surface area contributed by atoms with Crippen molar-refractivity contribution in [2.45, 2.75) is 51.0 Å². The lowest BCUT2D eigenvalue weighted by atomic mass is 9.98. The third kappa shape index (κ3) is 6.33. The van der Waals surface area contributed by atoms with Crippen LogP contribution in [-0.4, -0.2) is 42.3 Å². The van der Waals surface area contributed by atoms with Gasteiger partial charge >= 0.3 is 12.1 Å². The maximum absolute atomic E-state index is 12.1. The Morgan fingerprint density at radius 2 is 1.59 bits per heavy atom. The van der Waals surface area contributed by atoms with E-state index in [4.69, 9.17) is 9.84 Å². The second kappa shape index (κ2) is 11.3. The van der Waals surface area contributed by atoms with Crippen molar-refractivity contribution in [2.75, 3.05) is 13.2 Å². The number of nitrogens with one attached hydrogen (secondary N) is 2. The summed E-state index contributed by atoms with van der Waals surface area (Å²) in [5.41, 5.74) is 4.74. The van der Waals surface area contributed by atoms with Crippen molar-refractivity contribution >= 4 is 18.0 Å². The van der Waals surface area contributed by atoms with Gasteiger partial charge in [0.05, 0.1) is 6.42 Å². The van der Waals surface area contributed by atoms with Crippen molar-refractivity contribution in [3.63, 3.8) is 0 Å². The van der Waals surface area contributed by atoms with E-state index in [0.717, 1.165) is 12.8 Å². The first-order valence-corrected chi connectivity index (χ1v) is 11.1. The van der Waals surface area contributed by atoms with E-state index in [2.05, 4.69) is 34.9 Å². The summed E-state index contributed by atoms with van der Waals surface area (Å²) in [4.78, 5) is 34.5. The Morgan fingerprint density at radius 1 is 0.969 bits per heavy atom. The molecule has 0 radical (unpaired) electrons. The van der Waals surface area contributed by atoms with Crippen LogP contribution in [0.25, 0.3) is 11.1 Å². The molecule has 0 aromatic heterocycles. The van der Waals surface area contributed by atoms with E-state index in [1.54, 1.807) is 6.92 Å². The number of aliphatic carboxylic acids is 1. The average Bonchev–Trinajstić information content (AvgIpc) is 3.08. The van der Waals surface area contributed by atoms with E-state index in [-0.39, 0.29) is 30.9 Å². The van der Waals surface area contributed by atoms with Crippen LogP contribution in [0.5, 0.6) is 0 Å². The fourth-order valence-corrected chi connectivity index (χ4v) is 4.09. The quantitative estimate of drug-likeness (QED) is 0.459. The van der Waals surface area contributed by atoms with E-state index in [1.807, 2.05) is 24.3 Å². The summed E-state index contributed by atoms with van der Waals surface area (Å²) in [6.07, 6.45) is 2.02. The van der Waals surface area contributed by atoms with E-state index < -0.39 is 12.1 Å². The van der Waals surface area contributed by atoms with Gasteiger partial charge in [-0.2, -0.15) is 0 Å². The van der Waals surface area contributed by atoms with Crippen LogP contribution >= 0.6 is 0 Å². The third-order valence-electron chi connectivity index (χ3n) is 5.58. The first kappa shape index (κ1) is 23.3. The molecule has 0 heterocycles. The summed E-state index contributed by atoms with van der Waals surface area (Å²) in [6, 6.07) is 16.0. The lowest BCUT2D eigenvalue weighted by Gasteiger charge is -2.14. The van der Waals surface area contributed by atoms with Crippen molar-refractivity contribution < 1.29 is 24.2 Å². The van der Waals surface area contributed by atoms with Gasteiger partial charge in [-0.1, -0.05) is 55.0 Å². The molecule has 7 nitrogen and oxygen atoms in total. The van der Waals surface area contributed by atoms with E-state index in [0.29, 0.717) is 19.4 Å². The summed E-state index contributed by atoms with van der Waals surface area (Å²) in [5, 5.41) is 14.1. The Hall–Kier alpha value is -3.35. The molecular formula is C25H30N2O5. The highest BCUT2D eigenvalue weighted by molar-refractivity contribution is 5.79. The Bertz CT molecular complexity index is 913. The van der Waals surface area contributed by atoms with Crippen molar-refractivity contribution in [2.24, 2.45) is 0 Å². The predicted octanol–water partition coefficient (Wildman–Crippen LogP) is 4.06. The Kier molecular flexibility index (Phi) is 8.25. The second-order valence-electron chi connectivity index (χ2n) is 8.13. The molecule has 7 heteroatoms. The molecule has 32 heavy (non-hydrogen) atoms. The van der Waals surface area contributed by atoms with Gasteiger partial charge in [-0.25, -0.2) is 4.79 Å². The van der Waals surface area contributed by atoms with Gasteiger partial charge in [-0.15, -0.1) is 0 Å². The van der Waals surface area contributed by atoms with Gasteiger partial charge < -0.3 is 20.5 Å². The highest BCUT2D eigenvalue weighted by Crippen LogP contribution is 2.44. The van der Waals surface area contributed by atoms with Gasteiger partial charge in [0, 0.05) is 24.9 Å². The topological polar surface area (TPSA) is 105 Å². The van der Waals surface area contributed by atoms with Crippen LogP contribution in [0.4, 0.5) is 4.79 Å². The molecule has 1 aliphatic carbocycles. The van der Waals surface area contributed by atoms with Crippen LogP contribution < -0.4 is 10.6 Å². The molecule has 0 fully saturated rings. The SMILES string of the molecule is CC(CC(=O)O)NC(=O)CCCCCNC(=O)OCC1c2ccccc2-c2ccccc21. The van der Waals surface area contributed by atoms with Crippen LogP contribution in [0.1, 0.15) is 56.1 Å². The van der Waals surface area contributed by atoms with Crippen LogP contribution in [0, 0.1) is 0 Å². The summed E-state index contributed by atoms with van der Waals surface area (Å²) in [7, 11) is 0. The van der Waals surface area contributed by atoms with E-state index in [9.17, 15) is 14.4 Å². The molecule has 2 aromatic carbocycles. The summed E-state index contributed by atoms with van der Waals surface area (Å²) >= 11 is 0. The average molecular weight is 439 g/mol. The molecule has 1 aliphatic rings. The fourth-order valence-electron chi connectivity index (χ4n) is 4.09. The number of carbonyl (C=O) groups excluding carboxylic acids is 2. The molecule has 0 bridgehead atoms. The summed E-state index contributed by atoms with van der Waals surface area (Å²) in [6.45, 7) is 2.44. The molecule has 1 atom stereocenters. The monoisotopic (exact) mass is 438 g/mol. The standard InChI is InChI=1S/C25H30N2O5/c1-17(15-24(29)30)27-23(28)13-3-2-8-14-26-25(31)32-16-22-20-11-6-4-9-18(20)19-10-5-7-12-21(19)22/h4-7,9-12,17,22H,2-3,8,13-16H2,1H3,(H,26,31)(H,27,28)(H,29,30). The number of carboxylic acid groups (broad SMARTS) is 1. The zero-order valence-corrected chi connectivity index (χ0v) is 18.3. The molecule has 3 rings (SSSR count). The number of alkyl carbamates (subject to hydrolysis) is 1.